The van der Waals surface area contributed by atoms with E-state index in [0.29, 0.717) is 0 Å². The topological polar surface area (TPSA) is 23.4 Å². The van der Waals surface area contributed by atoms with Crippen molar-refractivity contribution in [3.8, 4) is 39.8 Å². The van der Waals surface area contributed by atoms with Crippen LogP contribution in [0.3, 0.4) is 0 Å². The van der Waals surface area contributed by atoms with Gasteiger partial charge in [0.05, 0.1) is 16.7 Å². The van der Waals surface area contributed by atoms with Gasteiger partial charge in [0.1, 0.15) is 23.0 Å². The Bertz CT molecular complexity index is 3070. The lowest BCUT2D eigenvalue weighted by molar-refractivity contribution is 0.465. The zero-order valence-corrected chi connectivity index (χ0v) is 33.1. The number of hydrogen-bond acceptors (Lipinski definition) is 2. The molecular formula is C54H36BNO2Si. The Morgan fingerprint density at radius 3 is 1.44 bits per heavy atom. The van der Waals surface area contributed by atoms with Crippen molar-refractivity contribution in [2.75, 3.05) is 0 Å². The van der Waals surface area contributed by atoms with E-state index in [0.717, 1.165) is 67.2 Å². The average Bonchev–Trinajstić information content (AvgIpc) is 3.64. The van der Waals surface area contributed by atoms with Gasteiger partial charge in [-0.05, 0) is 61.5 Å². The van der Waals surface area contributed by atoms with Gasteiger partial charge in [-0.3, -0.25) is 0 Å². The van der Waals surface area contributed by atoms with Gasteiger partial charge in [0.25, 0.3) is 6.71 Å². The minimum atomic E-state index is -3.04. The molecule has 0 atom stereocenters. The predicted molar refractivity (Wildman–Crippen MR) is 248 cm³/mol. The summed E-state index contributed by atoms with van der Waals surface area (Å²) in [5.41, 5.74) is 8.80. The fourth-order valence-corrected chi connectivity index (χ4v) is 15.1. The van der Waals surface area contributed by atoms with Crippen LogP contribution in [0.4, 0.5) is 0 Å². The van der Waals surface area contributed by atoms with Crippen LogP contribution in [0.15, 0.2) is 218 Å². The summed E-state index contributed by atoms with van der Waals surface area (Å²) in [4.78, 5) is 0. The van der Waals surface area contributed by atoms with Gasteiger partial charge in [0, 0.05) is 27.9 Å². The van der Waals surface area contributed by atoms with Crippen molar-refractivity contribution in [2.24, 2.45) is 0 Å². The molecule has 10 aromatic rings. The van der Waals surface area contributed by atoms with Gasteiger partial charge in [-0.1, -0.05) is 188 Å². The molecule has 0 unspecified atom stereocenters. The number of para-hydroxylation sites is 4. The first-order chi connectivity index (χ1) is 29.3. The molecule has 0 spiro atoms. The standard InChI is InChI=1S/C54H36BNO2Si/c1-4-20-37(21-5-1)59(38-22-6-2-7-23-38,39-24-8-3-9-25-39)51-35-19-12-28-42(51)52-47(56-45-31-15-10-26-40(45)41-27-11-16-32-46(41)56)36-50-53-54(52)58-49-34-18-14-30-44(49)55(53)43-29-13-17-33-48(43)57-50/h1-36H. The Labute approximate surface area is 344 Å². The van der Waals surface area contributed by atoms with Crippen LogP contribution in [0.1, 0.15) is 0 Å². The van der Waals surface area contributed by atoms with Crippen molar-refractivity contribution in [3.63, 3.8) is 0 Å². The highest BCUT2D eigenvalue weighted by molar-refractivity contribution is 7.20. The second-order valence-corrected chi connectivity index (χ2v) is 19.3. The molecule has 3 heterocycles. The van der Waals surface area contributed by atoms with E-state index in [-0.39, 0.29) is 6.71 Å². The van der Waals surface area contributed by atoms with E-state index in [2.05, 4.69) is 223 Å². The quantitative estimate of drug-likeness (QED) is 0.125. The number of fused-ring (bicyclic) bond motifs is 7. The zero-order valence-electron chi connectivity index (χ0n) is 32.1. The lowest BCUT2D eigenvalue weighted by Crippen LogP contribution is -2.75. The molecule has 5 heteroatoms. The highest BCUT2D eigenvalue weighted by atomic mass is 28.3. The molecule has 276 valence electrons. The van der Waals surface area contributed by atoms with Crippen molar-refractivity contribution in [3.05, 3.63) is 218 Å². The third kappa shape index (κ3) is 4.95. The fraction of sp³-hybridized carbons (Fsp3) is 0. The Morgan fingerprint density at radius 2 is 0.864 bits per heavy atom. The molecule has 0 fully saturated rings. The maximum Gasteiger partial charge on any atom is 0.260 e. The lowest BCUT2D eigenvalue weighted by Gasteiger charge is -2.38. The first-order valence-electron chi connectivity index (χ1n) is 20.3. The number of aromatic nitrogens is 1. The summed E-state index contributed by atoms with van der Waals surface area (Å²) in [5.74, 6) is 3.39. The number of nitrogens with zero attached hydrogens (tertiary/aromatic N) is 1. The van der Waals surface area contributed by atoms with Crippen molar-refractivity contribution in [1.29, 1.82) is 0 Å². The Balaban J connectivity index is 1.28. The number of ether oxygens (including phenoxy) is 2. The van der Waals surface area contributed by atoms with E-state index < -0.39 is 8.07 Å². The summed E-state index contributed by atoms with van der Waals surface area (Å²) in [5, 5.41) is 7.64. The van der Waals surface area contributed by atoms with Crippen molar-refractivity contribution in [1.82, 2.24) is 4.57 Å². The first kappa shape index (κ1) is 33.8. The molecule has 0 amide bonds. The minimum Gasteiger partial charge on any atom is -0.458 e. The molecule has 0 saturated carbocycles. The third-order valence-corrected chi connectivity index (χ3v) is 17.3. The highest BCUT2D eigenvalue weighted by Crippen LogP contribution is 2.46. The van der Waals surface area contributed by atoms with Crippen LogP contribution in [0.2, 0.25) is 0 Å². The van der Waals surface area contributed by atoms with Gasteiger partial charge in [-0.15, -0.1) is 0 Å². The third-order valence-electron chi connectivity index (χ3n) is 12.5. The van der Waals surface area contributed by atoms with E-state index in [9.17, 15) is 0 Å². The summed E-state index contributed by atoms with van der Waals surface area (Å²) in [6.07, 6.45) is 0. The van der Waals surface area contributed by atoms with Crippen molar-refractivity contribution in [2.45, 2.75) is 0 Å². The Kier molecular flexibility index (Phi) is 7.65. The molecule has 0 radical (unpaired) electrons. The lowest BCUT2D eigenvalue weighted by atomic mass is 9.34. The van der Waals surface area contributed by atoms with E-state index in [1.807, 2.05) is 0 Å². The second-order valence-electron chi connectivity index (χ2n) is 15.5. The molecule has 9 aromatic carbocycles. The monoisotopic (exact) mass is 769 g/mol. The maximum absolute atomic E-state index is 7.39. The molecule has 1 aromatic heterocycles. The zero-order chi connectivity index (χ0) is 38.9. The molecule has 59 heavy (non-hydrogen) atoms. The molecular weight excluding hydrogens is 733 g/mol. The van der Waals surface area contributed by atoms with Crippen LogP contribution in [0.5, 0.6) is 23.0 Å². The number of hydrogen-bond donors (Lipinski definition) is 0. The molecule has 2 aliphatic heterocycles. The summed E-state index contributed by atoms with van der Waals surface area (Å²) in [6.45, 7) is -0.0765. The number of rotatable bonds is 6. The average molecular weight is 770 g/mol. The van der Waals surface area contributed by atoms with Gasteiger partial charge >= 0.3 is 0 Å². The molecule has 0 saturated heterocycles. The van der Waals surface area contributed by atoms with Gasteiger partial charge < -0.3 is 14.0 Å². The van der Waals surface area contributed by atoms with Crippen LogP contribution in [-0.2, 0) is 0 Å². The molecule has 0 N–H and O–H groups in total. The van der Waals surface area contributed by atoms with Crippen molar-refractivity contribution >= 4 is 73.7 Å². The second kappa shape index (κ2) is 13.4. The van der Waals surface area contributed by atoms with E-state index in [1.54, 1.807) is 0 Å². The Hall–Kier alpha value is -7.34. The smallest absolute Gasteiger partial charge is 0.260 e. The predicted octanol–water partition coefficient (Wildman–Crippen LogP) is 8.56. The van der Waals surface area contributed by atoms with E-state index in [4.69, 9.17) is 9.47 Å². The van der Waals surface area contributed by atoms with Crippen LogP contribution < -0.4 is 46.6 Å². The Morgan fingerprint density at radius 1 is 0.407 bits per heavy atom. The van der Waals surface area contributed by atoms with Gasteiger partial charge in [0.15, 0.2) is 8.07 Å². The van der Waals surface area contributed by atoms with Crippen LogP contribution in [0, 0.1) is 0 Å². The van der Waals surface area contributed by atoms with Crippen LogP contribution in [0.25, 0.3) is 38.6 Å². The number of benzene rings is 9. The summed E-state index contributed by atoms with van der Waals surface area (Å²) < 4.78 is 16.8. The van der Waals surface area contributed by atoms with Gasteiger partial charge in [0.2, 0.25) is 0 Å². The van der Waals surface area contributed by atoms with E-state index in [1.165, 1.54) is 31.5 Å². The summed E-state index contributed by atoms with van der Waals surface area (Å²) in [7, 11) is -3.04. The molecule has 0 aliphatic carbocycles. The highest BCUT2D eigenvalue weighted by Gasteiger charge is 2.46. The van der Waals surface area contributed by atoms with Gasteiger partial charge in [-0.2, -0.15) is 0 Å². The molecule has 2 aliphatic rings. The minimum absolute atomic E-state index is 0.0765. The van der Waals surface area contributed by atoms with Crippen LogP contribution >= 0.6 is 0 Å². The van der Waals surface area contributed by atoms with Crippen LogP contribution in [-0.4, -0.2) is 19.4 Å². The largest absolute Gasteiger partial charge is 0.458 e. The first-order valence-corrected chi connectivity index (χ1v) is 22.3. The normalized spacial score (nSPS) is 12.6. The summed E-state index contributed by atoms with van der Waals surface area (Å²) >= 11 is 0. The van der Waals surface area contributed by atoms with Gasteiger partial charge in [-0.25, -0.2) is 0 Å². The summed E-state index contributed by atoms with van der Waals surface area (Å²) in [6, 6.07) is 79.5. The molecule has 12 rings (SSSR count). The fourth-order valence-electron chi connectivity index (χ4n) is 10.1. The molecule has 0 bridgehead atoms. The van der Waals surface area contributed by atoms with E-state index >= 15 is 0 Å². The maximum atomic E-state index is 7.39. The SMILES string of the molecule is c1ccc([Si](c2ccccc2)(c2ccccc2)c2ccccc2-c2c(-n3c4ccccc4c4ccccc43)cc3c4c2Oc2ccccc2B4c2ccccc2O3)cc1. The molecule has 3 nitrogen and oxygen atoms in total. The van der Waals surface area contributed by atoms with Crippen molar-refractivity contribution < 1.29 is 9.47 Å².